The SMILES string of the molecule is C=C/C=C\C=C(/c1ccccc1)N(c1ccc2c(c1)C(C)(C)c1cc(-c3ccccc3)c3oc4ccccc4c3c1-2)c1ccc2c(c1)C(C)(C)c1c3c(c4oc5ccccc5c4c1-2)-c1ccccc1C3(C)C. The molecule has 14 rings (SSSR count). The molecule has 0 fully saturated rings. The van der Waals surface area contributed by atoms with E-state index in [0.29, 0.717) is 0 Å². The maximum Gasteiger partial charge on any atom is 0.144 e. The molecule has 0 aliphatic heterocycles. The van der Waals surface area contributed by atoms with Gasteiger partial charge in [-0.3, -0.25) is 0 Å². The van der Waals surface area contributed by atoms with Gasteiger partial charge in [-0.1, -0.05) is 200 Å². The first-order chi connectivity index (χ1) is 35.0. The second-order valence-electron chi connectivity index (χ2n) is 21.6. The van der Waals surface area contributed by atoms with Crippen molar-refractivity contribution >= 4 is 60.9 Å². The third kappa shape index (κ3) is 5.68. The molecule has 9 aromatic carbocycles. The summed E-state index contributed by atoms with van der Waals surface area (Å²) in [4.78, 5) is 2.48. The van der Waals surface area contributed by atoms with Gasteiger partial charge in [0.25, 0.3) is 0 Å². The van der Waals surface area contributed by atoms with Gasteiger partial charge in [-0.05, 0) is 121 Å². The van der Waals surface area contributed by atoms with Crippen LogP contribution in [-0.4, -0.2) is 0 Å². The minimum atomic E-state index is -0.363. The van der Waals surface area contributed by atoms with Crippen LogP contribution in [0.3, 0.4) is 0 Å². The molecule has 3 aliphatic carbocycles. The summed E-state index contributed by atoms with van der Waals surface area (Å²) in [7, 11) is 0. The van der Waals surface area contributed by atoms with Crippen molar-refractivity contribution < 1.29 is 8.83 Å². The third-order valence-corrected chi connectivity index (χ3v) is 16.6. The molecule has 0 radical (unpaired) electrons. The normalized spacial score (nSPS) is 15.5. The van der Waals surface area contributed by atoms with Crippen molar-refractivity contribution in [2.45, 2.75) is 57.8 Å². The number of anilines is 2. The van der Waals surface area contributed by atoms with Crippen LogP contribution in [0.4, 0.5) is 11.4 Å². The maximum absolute atomic E-state index is 7.01. The summed E-state index contributed by atoms with van der Waals surface area (Å²) in [5.41, 5.74) is 25.0. The summed E-state index contributed by atoms with van der Waals surface area (Å²) in [6.07, 6.45) is 8.20. The quantitative estimate of drug-likeness (QED) is 0.149. The Balaban J connectivity index is 1.02. The lowest BCUT2D eigenvalue weighted by Gasteiger charge is -2.32. The molecule has 2 aromatic heterocycles. The van der Waals surface area contributed by atoms with Gasteiger partial charge in [0.05, 0.1) is 5.70 Å². The molecule has 0 saturated heterocycles. The van der Waals surface area contributed by atoms with E-state index in [9.17, 15) is 0 Å². The van der Waals surface area contributed by atoms with E-state index < -0.39 is 0 Å². The van der Waals surface area contributed by atoms with Gasteiger partial charge < -0.3 is 13.7 Å². The van der Waals surface area contributed by atoms with E-state index in [1.807, 2.05) is 12.2 Å². The second-order valence-corrected chi connectivity index (χ2v) is 21.6. The lowest BCUT2D eigenvalue weighted by Crippen LogP contribution is -2.24. The molecule has 0 atom stereocenters. The summed E-state index contributed by atoms with van der Waals surface area (Å²) >= 11 is 0. The lowest BCUT2D eigenvalue weighted by atomic mass is 9.72. The summed E-state index contributed by atoms with van der Waals surface area (Å²) < 4.78 is 13.8. The molecule has 3 heteroatoms. The van der Waals surface area contributed by atoms with Crippen molar-refractivity contribution in [3.05, 3.63) is 246 Å². The Morgan fingerprint density at radius 1 is 0.444 bits per heavy atom. The predicted octanol–water partition coefficient (Wildman–Crippen LogP) is 19.0. The Bertz CT molecular complexity index is 4190. The summed E-state index contributed by atoms with van der Waals surface area (Å²) in [5.74, 6) is 0. The fraction of sp³-hybridized carbons (Fsp3) is 0.130. The topological polar surface area (TPSA) is 29.5 Å². The van der Waals surface area contributed by atoms with Crippen molar-refractivity contribution in [3.63, 3.8) is 0 Å². The highest BCUT2D eigenvalue weighted by molar-refractivity contribution is 6.21. The summed E-state index contributed by atoms with van der Waals surface area (Å²) in [6.45, 7) is 18.5. The highest BCUT2D eigenvalue weighted by atomic mass is 16.3. The number of furan rings is 2. The van der Waals surface area contributed by atoms with E-state index >= 15 is 0 Å². The van der Waals surface area contributed by atoms with Crippen LogP contribution in [-0.2, 0) is 16.2 Å². The van der Waals surface area contributed by atoms with Crippen LogP contribution in [0.15, 0.2) is 216 Å². The average Bonchev–Trinajstić information content (AvgIpc) is 4.15. The van der Waals surface area contributed by atoms with Gasteiger partial charge in [0, 0.05) is 60.3 Å². The number of nitrogens with zero attached hydrogens (tertiary/aromatic N) is 1. The fourth-order valence-corrected chi connectivity index (χ4v) is 13.3. The predicted molar refractivity (Wildman–Crippen MR) is 301 cm³/mol. The molecule has 0 amide bonds. The Hall–Kier alpha value is -8.40. The number of para-hydroxylation sites is 2. The lowest BCUT2D eigenvalue weighted by molar-refractivity contribution is 0.600. The standard InChI is InChI=1S/C69H53NO2/c1-8-9-12-31-55(42-25-15-11-16-26-42)70(43-34-36-46-52(38-43)67(2,3)54-40-50(41-23-13-10-14-24-41)65-60(58(46)54)48-28-18-21-32-56(48)71-65)44-35-37-47-53(39-44)69(6,7)63-59(47)61-49-29-19-22-33-57(49)72-66(61)62-45-27-17-20-30-51(45)68(4,5)64(62)63/h8-40H,1H2,2-7H3/b12-9-,55-31+. The molecule has 346 valence electrons. The van der Waals surface area contributed by atoms with Gasteiger partial charge in [-0.2, -0.15) is 0 Å². The highest BCUT2D eigenvalue weighted by Crippen LogP contribution is 2.64. The highest BCUT2D eigenvalue weighted by Gasteiger charge is 2.49. The van der Waals surface area contributed by atoms with Crippen molar-refractivity contribution in [1.82, 2.24) is 0 Å². The molecule has 0 N–H and O–H groups in total. The van der Waals surface area contributed by atoms with Crippen LogP contribution in [0.25, 0.3) is 94.1 Å². The Morgan fingerprint density at radius 3 is 1.65 bits per heavy atom. The molecule has 2 heterocycles. The molecule has 0 unspecified atom stereocenters. The van der Waals surface area contributed by atoms with Gasteiger partial charge in [-0.15, -0.1) is 0 Å². The Kier molecular flexibility index (Phi) is 8.88. The van der Waals surface area contributed by atoms with Crippen molar-refractivity contribution in [2.24, 2.45) is 0 Å². The minimum Gasteiger partial charge on any atom is -0.455 e. The van der Waals surface area contributed by atoms with E-state index in [-0.39, 0.29) is 16.2 Å². The minimum absolute atomic E-state index is 0.247. The molecule has 72 heavy (non-hydrogen) atoms. The zero-order chi connectivity index (χ0) is 48.8. The molecular weight excluding hydrogens is 875 g/mol. The van der Waals surface area contributed by atoms with E-state index in [2.05, 4.69) is 241 Å². The van der Waals surface area contributed by atoms with Gasteiger partial charge in [0.1, 0.15) is 22.3 Å². The number of hydrogen-bond acceptors (Lipinski definition) is 3. The monoisotopic (exact) mass is 927 g/mol. The smallest absolute Gasteiger partial charge is 0.144 e. The van der Waals surface area contributed by atoms with E-state index in [1.165, 1.54) is 77.5 Å². The van der Waals surface area contributed by atoms with Crippen LogP contribution in [0.5, 0.6) is 0 Å². The van der Waals surface area contributed by atoms with Crippen molar-refractivity contribution in [1.29, 1.82) is 0 Å². The maximum atomic E-state index is 7.01. The van der Waals surface area contributed by atoms with Crippen molar-refractivity contribution in [3.8, 4) is 44.5 Å². The molecule has 0 spiro atoms. The number of rotatable bonds is 7. The van der Waals surface area contributed by atoms with Gasteiger partial charge >= 0.3 is 0 Å². The third-order valence-electron chi connectivity index (χ3n) is 16.6. The number of allylic oxidation sites excluding steroid dienone is 4. The average molecular weight is 928 g/mol. The van der Waals surface area contributed by atoms with Gasteiger partial charge in [-0.25, -0.2) is 0 Å². The zero-order valence-electron chi connectivity index (χ0n) is 41.5. The molecule has 3 nitrogen and oxygen atoms in total. The van der Waals surface area contributed by atoms with Crippen LogP contribution >= 0.6 is 0 Å². The molecule has 11 aromatic rings. The summed E-state index contributed by atoms with van der Waals surface area (Å²) in [5, 5.41) is 4.68. The summed E-state index contributed by atoms with van der Waals surface area (Å²) in [6, 6.07) is 64.4. The number of fused-ring (bicyclic) bond motifs is 19. The largest absolute Gasteiger partial charge is 0.455 e. The van der Waals surface area contributed by atoms with Crippen LogP contribution in [0.1, 0.15) is 80.5 Å². The first-order valence-corrected chi connectivity index (χ1v) is 25.3. The van der Waals surface area contributed by atoms with E-state index in [4.69, 9.17) is 8.83 Å². The fourth-order valence-electron chi connectivity index (χ4n) is 13.3. The zero-order valence-corrected chi connectivity index (χ0v) is 41.5. The van der Waals surface area contributed by atoms with Gasteiger partial charge in [0.15, 0.2) is 0 Å². The van der Waals surface area contributed by atoms with Crippen LogP contribution in [0, 0.1) is 0 Å². The van der Waals surface area contributed by atoms with Crippen LogP contribution in [0.2, 0.25) is 0 Å². The van der Waals surface area contributed by atoms with E-state index in [0.717, 1.165) is 66.9 Å². The molecule has 0 saturated carbocycles. The second kappa shape index (κ2) is 15.1. The molecule has 0 bridgehead atoms. The number of hydrogen-bond donors (Lipinski definition) is 0. The Labute approximate surface area is 420 Å². The Morgan fingerprint density at radius 2 is 0.972 bits per heavy atom. The first kappa shape index (κ1) is 42.5. The molecule has 3 aliphatic rings. The first-order valence-electron chi connectivity index (χ1n) is 25.3. The van der Waals surface area contributed by atoms with Crippen molar-refractivity contribution in [2.75, 3.05) is 4.90 Å². The van der Waals surface area contributed by atoms with E-state index in [1.54, 1.807) is 0 Å². The van der Waals surface area contributed by atoms with Crippen LogP contribution < -0.4 is 4.90 Å². The molecular formula is C69H53NO2. The number of benzene rings is 9. The van der Waals surface area contributed by atoms with Gasteiger partial charge in [0.2, 0.25) is 0 Å².